The lowest BCUT2D eigenvalue weighted by atomic mass is 10.3. The Kier molecular flexibility index (Phi) is 3.17. The molecule has 0 aliphatic rings. The average Bonchev–Trinajstić information content (AvgIpc) is 2.04. The summed E-state index contributed by atoms with van der Waals surface area (Å²) < 4.78 is 27.0. The molecule has 72 valence electrons. The maximum absolute atomic E-state index is 11.0. The highest BCUT2D eigenvalue weighted by atomic mass is 35.5. The Morgan fingerprint density at radius 1 is 1.31 bits per heavy atom. The zero-order valence-electron chi connectivity index (χ0n) is 7.03. The fourth-order valence-electron chi connectivity index (χ4n) is 0.846. The number of halogens is 1. The van der Waals surface area contributed by atoms with Gasteiger partial charge in [-0.05, 0) is 24.3 Å². The van der Waals surface area contributed by atoms with Crippen LogP contribution >= 0.6 is 11.6 Å². The number of benzene rings is 1. The van der Waals surface area contributed by atoms with E-state index in [1.165, 1.54) is 12.1 Å². The van der Waals surface area contributed by atoms with Crippen molar-refractivity contribution in [2.45, 2.75) is 4.90 Å². The molecule has 0 heterocycles. The molecule has 1 aromatic rings. The fraction of sp³-hybridized carbons (Fsp3) is 0.250. The van der Waals surface area contributed by atoms with Crippen molar-refractivity contribution in [3.63, 3.8) is 0 Å². The van der Waals surface area contributed by atoms with Gasteiger partial charge in [-0.1, -0.05) is 11.6 Å². The monoisotopic (exact) mass is 220 g/mol. The molecular weight excluding hydrogens is 212 g/mol. The van der Waals surface area contributed by atoms with Crippen molar-refractivity contribution in [2.24, 2.45) is 0 Å². The summed E-state index contributed by atoms with van der Waals surface area (Å²) in [6.07, 6.45) is 1.16. The Morgan fingerprint density at radius 3 is 2.23 bits per heavy atom. The minimum absolute atomic E-state index is 0.0538. The fourth-order valence-corrected chi connectivity index (χ4v) is 1.60. The molecule has 0 N–H and O–H groups in total. The van der Waals surface area contributed by atoms with E-state index in [-0.39, 0.29) is 11.0 Å². The van der Waals surface area contributed by atoms with Gasteiger partial charge in [-0.15, -0.1) is 0 Å². The Morgan fingerprint density at radius 2 is 1.85 bits per heavy atom. The average molecular weight is 221 g/mol. The predicted molar refractivity (Wildman–Crippen MR) is 50.9 cm³/mol. The summed E-state index contributed by atoms with van der Waals surface area (Å²) in [6.45, 7) is 0. The molecule has 0 unspecified atom stereocenters. The van der Waals surface area contributed by atoms with Gasteiger partial charge >= 0.3 is 0 Å². The van der Waals surface area contributed by atoms with Gasteiger partial charge in [-0.3, -0.25) is 0 Å². The van der Waals surface area contributed by atoms with Crippen LogP contribution in [0.15, 0.2) is 29.2 Å². The number of hydrogen-bond donors (Lipinski definition) is 0. The van der Waals surface area contributed by atoms with Crippen molar-refractivity contribution in [2.75, 3.05) is 12.3 Å². The molecule has 3 nitrogen and oxygen atoms in total. The van der Waals surface area contributed by atoms with Gasteiger partial charge in [-0.2, -0.15) is 0 Å². The first-order chi connectivity index (χ1) is 6.04. The van der Waals surface area contributed by atoms with E-state index in [2.05, 4.69) is 0 Å². The molecule has 0 spiro atoms. The molecule has 13 heavy (non-hydrogen) atoms. The van der Waals surface area contributed by atoms with Crippen LogP contribution in [-0.4, -0.2) is 20.7 Å². The van der Waals surface area contributed by atoms with Crippen LogP contribution in [0.3, 0.4) is 0 Å². The molecule has 5 heteroatoms. The molecule has 0 aliphatic carbocycles. The number of sulfone groups is 1. The van der Waals surface area contributed by atoms with Crippen LogP contribution < -0.4 is 4.74 Å². The van der Waals surface area contributed by atoms with Gasteiger partial charge in [0.2, 0.25) is 0 Å². The summed E-state index contributed by atoms with van der Waals surface area (Å²) in [7, 11) is -3.12. The molecule has 0 atom stereocenters. The molecule has 0 fully saturated rings. The van der Waals surface area contributed by atoms with Gasteiger partial charge in [0.05, 0.1) is 4.90 Å². The molecule has 0 saturated heterocycles. The van der Waals surface area contributed by atoms with Crippen molar-refractivity contribution in [1.29, 1.82) is 0 Å². The van der Waals surface area contributed by atoms with E-state index in [0.29, 0.717) is 5.75 Å². The normalized spacial score (nSPS) is 11.2. The molecule has 0 radical (unpaired) electrons. The van der Waals surface area contributed by atoms with Gasteiger partial charge < -0.3 is 4.74 Å². The van der Waals surface area contributed by atoms with Crippen molar-refractivity contribution in [3.8, 4) is 5.75 Å². The lowest BCUT2D eigenvalue weighted by Gasteiger charge is -2.02. The van der Waals surface area contributed by atoms with Crippen LogP contribution in [0.2, 0.25) is 0 Å². The van der Waals surface area contributed by atoms with Gasteiger partial charge in [0.25, 0.3) is 0 Å². The van der Waals surface area contributed by atoms with E-state index in [4.69, 9.17) is 16.3 Å². The minimum Gasteiger partial charge on any atom is -0.478 e. The van der Waals surface area contributed by atoms with Crippen LogP contribution in [0.25, 0.3) is 0 Å². The third-order valence-corrected chi connectivity index (χ3v) is 2.71. The largest absolute Gasteiger partial charge is 0.478 e. The standard InChI is InChI=1S/C8H9ClO3S/c1-13(10,11)8-4-2-7(3-5-8)12-6-9/h2-5H,6H2,1H3. The van der Waals surface area contributed by atoms with Crippen LogP contribution in [0, 0.1) is 0 Å². The molecule has 1 rings (SSSR count). The number of hydrogen-bond acceptors (Lipinski definition) is 3. The third-order valence-electron chi connectivity index (χ3n) is 1.47. The maximum Gasteiger partial charge on any atom is 0.175 e. The Labute approximate surface area is 82.2 Å². The third kappa shape index (κ3) is 2.90. The van der Waals surface area contributed by atoms with E-state index in [9.17, 15) is 8.42 Å². The molecular formula is C8H9ClO3S. The maximum atomic E-state index is 11.0. The van der Waals surface area contributed by atoms with Crippen LogP contribution in [0.1, 0.15) is 0 Å². The zero-order valence-corrected chi connectivity index (χ0v) is 8.60. The summed E-state index contributed by atoms with van der Waals surface area (Å²) in [4.78, 5) is 0.273. The zero-order chi connectivity index (χ0) is 9.90. The predicted octanol–water partition coefficient (Wildman–Crippen LogP) is 1.67. The Balaban J connectivity index is 2.94. The topological polar surface area (TPSA) is 43.4 Å². The minimum atomic E-state index is -3.12. The van der Waals surface area contributed by atoms with Gasteiger partial charge in [0, 0.05) is 6.26 Å². The summed E-state index contributed by atoms with van der Waals surface area (Å²) in [5.41, 5.74) is 0. The van der Waals surface area contributed by atoms with E-state index >= 15 is 0 Å². The van der Waals surface area contributed by atoms with Crippen molar-refractivity contribution >= 4 is 21.4 Å². The van der Waals surface area contributed by atoms with E-state index in [1.807, 2.05) is 0 Å². The first-order valence-electron chi connectivity index (χ1n) is 3.53. The highest BCUT2D eigenvalue weighted by molar-refractivity contribution is 7.90. The molecule has 0 bridgehead atoms. The van der Waals surface area contributed by atoms with E-state index < -0.39 is 9.84 Å². The van der Waals surface area contributed by atoms with Crippen LogP contribution in [0.5, 0.6) is 5.75 Å². The first-order valence-corrected chi connectivity index (χ1v) is 5.95. The van der Waals surface area contributed by atoms with Gasteiger partial charge in [0.1, 0.15) is 5.75 Å². The molecule has 0 aliphatic heterocycles. The van der Waals surface area contributed by atoms with Crippen molar-refractivity contribution in [1.82, 2.24) is 0 Å². The Hall–Kier alpha value is -0.740. The quantitative estimate of drug-likeness (QED) is 0.728. The molecule has 0 aromatic heterocycles. The number of ether oxygens (including phenoxy) is 1. The highest BCUT2D eigenvalue weighted by Gasteiger charge is 2.05. The first kappa shape index (κ1) is 10.3. The Bertz CT molecular complexity index is 369. The SMILES string of the molecule is CS(=O)(=O)c1ccc(OCCl)cc1. The lowest BCUT2D eigenvalue weighted by molar-refractivity contribution is 0.387. The van der Waals surface area contributed by atoms with Crippen molar-refractivity contribution in [3.05, 3.63) is 24.3 Å². The lowest BCUT2D eigenvalue weighted by Crippen LogP contribution is -1.96. The summed E-state index contributed by atoms with van der Waals surface area (Å²) in [6, 6.07) is 6.16. The van der Waals surface area contributed by atoms with Gasteiger partial charge in [-0.25, -0.2) is 8.42 Å². The molecule has 1 aromatic carbocycles. The second kappa shape index (κ2) is 3.98. The van der Waals surface area contributed by atoms with Gasteiger partial charge in [0.15, 0.2) is 15.9 Å². The summed E-state index contributed by atoms with van der Waals surface area (Å²) in [5.74, 6) is 0.558. The molecule has 0 saturated carbocycles. The number of alkyl halides is 1. The number of rotatable bonds is 3. The summed E-state index contributed by atoms with van der Waals surface area (Å²) in [5, 5.41) is 0. The smallest absolute Gasteiger partial charge is 0.175 e. The summed E-state index contributed by atoms with van der Waals surface area (Å²) >= 11 is 5.33. The second-order valence-corrected chi connectivity index (χ2v) is 4.73. The van der Waals surface area contributed by atoms with Crippen LogP contribution in [-0.2, 0) is 9.84 Å². The van der Waals surface area contributed by atoms with Crippen LogP contribution in [0.4, 0.5) is 0 Å². The van der Waals surface area contributed by atoms with Crippen molar-refractivity contribution < 1.29 is 13.2 Å². The van der Waals surface area contributed by atoms with E-state index in [0.717, 1.165) is 6.26 Å². The highest BCUT2D eigenvalue weighted by Crippen LogP contribution is 2.15. The molecule has 0 amide bonds. The second-order valence-electron chi connectivity index (χ2n) is 2.50. The van der Waals surface area contributed by atoms with E-state index in [1.54, 1.807) is 12.1 Å².